The molecule has 0 aromatic heterocycles. The highest BCUT2D eigenvalue weighted by molar-refractivity contribution is 7.91. The Morgan fingerprint density at radius 1 is 1.06 bits per heavy atom. The SMILES string of the molecule is CCC(CC)C(C)NC(C)CS(=O)(=O)CC. The number of rotatable bonds is 8. The molecular formula is C12H27NO2S. The molecule has 16 heavy (non-hydrogen) atoms. The van der Waals surface area contributed by atoms with Gasteiger partial charge in [0.15, 0.2) is 9.84 Å². The summed E-state index contributed by atoms with van der Waals surface area (Å²) in [5.41, 5.74) is 0. The molecule has 0 spiro atoms. The first-order chi connectivity index (χ1) is 7.36. The smallest absolute Gasteiger partial charge is 0.151 e. The van der Waals surface area contributed by atoms with E-state index in [-0.39, 0.29) is 17.5 Å². The number of sulfone groups is 1. The molecule has 0 bridgehead atoms. The van der Waals surface area contributed by atoms with E-state index in [0.29, 0.717) is 12.0 Å². The van der Waals surface area contributed by atoms with Gasteiger partial charge in [0.1, 0.15) is 0 Å². The molecule has 0 aromatic carbocycles. The summed E-state index contributed by atoms with van der Waals surface area (Å²) in [5, 5.41) is 3.39. The van der Waals surface area contributed by atoms with Crippen LogP contribution in [0.15, 0.2) is 0 Å². The van der Waals surface area contributed by atoms with Crippen molar-refractivity contribution in [2.24, 2.45) is 5.92 Å². The van der Waals surface area contributed by atoms with E-state index in [1.165, 1.54) is 0 Å². The van der Waals surface area contributed by atoms with E-state index in [4.69, 9.17) is 0 Å². The van der Waals surface area contributed by atoms with Gasteiger partial charge in [-0.15, -0.1) is 0 Å². The minimum atomic E-state index is -2.87. The van der Waals surface area contributed by atoms with Crippen LogP contribution in [0.25, 0.3) is 0 Å². The van der Waals surface area contributed by atoms with E-state index < -0.39 is 9.84 Å². The van der Waals surface area contributed by atoms with E-state index in [9.17, 15) is 8.42 Å². The summed E-state index contributed by atoms with van der Waals surface area (Å²) < 4.78 is 22.9. The molecule has 0 rings (SSSR count). The quantitative estimate of drug-likeness (QED) is 0.717. The van der Waals surface area contributed by atoms with Gasteiger partial charge >= 0.3 is 0 Å². The average molecular weight is 249 g/mol. The zero-order valence-corrected chi connectivity index (χ0v) is 12.1. The maximum absolute atomic E-state index is 11.5. The van der Waals surface area contributed by atoms with Crippen molar-refractivity contribution in [1.82, 2.24) is 5.32 Å². The molecule has 0 fully saturated rings. The zero-order chi connectivity index (χ0) is 12.8. The first-order valence-electron chi connectivity index (χ1n) is 6.32. The molecule has 0 aliphatic carbocycles. The molecule has 0 amide bonds. The summed E-state index contributed by atoms with van der Waals surface area (Å²) in [6.45, 7) is 10.2. The Labute approximate surface area is 101 Å². The first kappa shape index (κ1) is 15.9. The van der Waals surface area contributed by atoms with Crippen molar-refractivity contribution in [3.05, 3.63) is 0 Å². The Balaban J connectivity index is 4.19. The van der Waals surface area contributed by atoms with Crippen LogP contribution in [-0.2, 0) is 9.84 Å². The lowest BCUT2D eigenvalue weighted by Gasteiger charge is -2.26. The van der Waals surface area contributed by atoms with Gasteiger partial charge in [0.2, 0.25) is 0 Å². The van der Waals surface area contributed by atoms with Crippen LogP contribution >= 0.6 is 0 Å². The molecule has 3 nitrogen and oxygen atoms in total. The summed E-state index contributed by atoms with van der Waals surface area (Å²) in [5.74, 6) is 1.11. The fourth-order valence-corrected chi connectivity index (χ4v) is 3.22. The van der Waals surface area contributed by atoms with Crippen LogP contribution < -0.4 is 5.32 Å². The van der Waals surface area contributed by atoms with Gasteiger partial charge in [-0.1, -0.05) is 33.6 Å². The van der Waals surface area contributed by atoms with Crippen molar-refractivity contribution in [2.75, 3.05) is 11.5 Å². The molecule has 2 unspecified atom stereocenters. The van der Waals surface area contributed by atoms with Crippen molar-refractivity contribution in [3.8, 4) is 0 Å². The van der Waals surface area contributed by atoms with Gasteiger partial charge in [-0.3, -0.25) is 0 Å². The topological polar surface area (TPSA) is 46.2 Å². The Morgan fingerprint density at radius 3 is 1.94 bits per heavy atom. The van der Waals surface area contributed by atoms with Gasteiger partial charge in [0.25, 0.3) is 0 Å². The van der Waals surface area contributed by atoms with Crippen LogP contribution in [0.2, 0.25) is 0 Å². The van der Waals surface area contributed by atoms with Crippen molar-refractivity contribution in [2.45, 2.75) is 59.5 Å². The Hall–Kier alpha value is -0.0900. The molecule has 0 saturated carbocycles. The second kappa shape index (κ2) is 7.28. The maximum Gasteiger partial charge on any atom is 0.151 e. The summed E-state index contributed by atoms with van der Waals surface area (Å²) in [4.78, 5) is 0. The fourth-order valence-electron chi connectivity index (χ4n) is 2.13. The number of hydrogen-bond donors (Lipinski definition) is 1. The van der Waals surface area contributed by atoms with Crippen LogP contribution in [-0.4, -0.2) is 32.0 Å². The number of hydrogen-bond acceptors (Lipinski definition) is 3. The summed E-state index contributed by atoms with van der Waals surface area (Å²) in [7, 11) is -2.87. The van der Waals surface area contributed by atoms with Crippen LogP contribution in [0.3, 0.4) is 0 Å². The monoisotopic (exact) mass is 249 g/mol. The van der Waals surface area contributed by atoms with Crippen molar-refractivity contribution in [3.63, 3.8) is 0 Å². The van der Waals surface area contributed by atoms with Crippen LogP contribution in [0.4, 0.5) is 0 Å². The Bertz CT molecular complexity index is 271. The molecule has 0 radical (unpaired) electrons. The lowest BCUT2D eigenvalue weighted by atomic mass is 9.95. The second-order valence-corrected chi connectivity index (χ2v) is 7.03. The molecule has 0 aliphatic heterocycles. The van der Waals surface area contributed by atoms with Gasteiger partial charge in [-0.25, -0.2) is 8.42 Å². The minimum Gasteiger partial charge on any atom is -0.310 e. The van der Waals surface area contributed by atoms with Gasteiger partial charge in [0.05, 0.1) is 5.75 Å². The third kappa shape index (κ3) is 5.85. The Kier molecular flexibility index (Phi) is 7.24. The van der Waals surface area contributed by atoms with Gasteiger partial charge in [-0.05, 0) is 19.8 Å². The predicted molar refractivity (Wildman–Crippen MR) is 70.5 cm³/mol. The largest absolute Gasteiger partial charge is 0.310 e. The summed E-state index contributed by atoms with van der Waals surface area (Å²) in [6, 6.07) is 0.428. The van der Waals surface area contributed by atoms with Crippen LogP contribution in [0.5, 0.6) is 0 Å². The third-order valence-electron chi connectivity index (χ3n) is 3.25. The molecule has 0 aromatic rings. The minimum absolute atomic E-state index is 0.0422. The second-order valence-electron chi connectivity index (χ2n) is 4.63. The first-order valence-corrected chi connectivity index (χ1v) is 8.14. The molecule has 4 heteroatoms. The summed E-state index contributed by atoms with van der Waals surface area (Å²) >= 11 is 0. The van der Waals surface area contributed by atoms with Gasteiger partial charge < -0.3 is 5.32 Å². The van der Waals surface area contributed by atoms with E-state index >= 15 is 0 Å². The van der Waals surface area contributed by atoms with Crippen molar-refractivity contribution in [1.29, 1.82) is 0 Å². The lowest BCUT2D eigenvalue weighted by Crippen LogP contribution is -2.42. The zero-order valence-electron chi connectivity index (χ0n) is 11.3. The highest BCUT2D eigenvalue weighted by atomic mass is 32.2. The molecule has 0 heterocycles. The van der Waals surface area contributed by atoms with Crippen LogP contribution in [0, 0.1) is 5.92 Å². The normalized spacial score (nSPS) is 16.4. The van der Waals surface area contributed by atoms with Crippen molar-refractivity contribution < 1.29 is 8.42 Å². The molecule has 0 aliphatic rings. The van der Waals surface area contributed by atoms with E-state index in [2.05, 4.69) is 26.1 Å². The standard InChI is InChI=1S/C12H27NO2S/c1-6-12(7-2)11(5)13-10(4)9-16(14,15)8-3/h10-13H,6-9H2,1-5H3. The highest BCUT2D eigenvalue weighted by Gasteiger charge is 2.19. The van der Waals surface area contributed by atoms with Gasteiger partial charge in [0, 0.05) is 17.8 Å². The third-order valence-corrected chi connectivity index (χ3v) is 5.13. The van der Waals surface area contributed by atoms with E-state index in [1.54, 1.807) is 6.92 Å². The molecule has 1 N–H and O–H groups in total. The van der Waals surface area contributed by atoms with E-state index in [1.807, 2.05) is 6.92 Å². The van der Waals surface area contributed by atoms with E-state index in [0.717, 1.165) is 12.8 Å². The highest BCUT2D eigenvalue weighted by Crippen LogP contribution is 2.13. The number of nitrogens with one attached hydrogen (secondary N) is 1. The van der Waals surface area contributed by atoms with Gasteiger partial charge in [-0.2, -0.15) is 0 Å². The Morgan fingerprint density at radius 2 is 1.56 bits per heavy atom. The molecule has 0 saturated heterocycles. The molecule has 2 atom stereocenters. The lowest BCUT2D eigenvalue weighted by molar-refractivity contribution is 0.335. The van der Waals surface area contributed by atoms with Crippen LogP contribution in [0.1, 0.15) is 47.5 Å². The molecular weight excluding hydrogens is 222 g/mol. The summed E-state index contributed by atoms with van der Waals surface area (Å²) in [6.07, 6.45) is 2.27. The maximum atomic E-state index is 11.5. The predicted octanol–water partition coefficient (Wildman–Crippen LogP) is 2.22. The van der Waals surface area contributed by atoms with Crippen molar-refractivity contribution >= 4 is 9.84 Å². The molecule has 98 valence electrons. The fraction of sp³-hybridized carbons (Fsp3) is 1.00. The average Bonchev–Trinajstić information content (AvgIpc) is 2.18.